The molecule has 1 amide bonds. The largest absolute Gasteiger partial charge is 0.497 e. The summed E-state index contributed by atoms with van der Waals surface area (Å²) >= 11 is 5.89. The number of imidazole rings is 1. The van der Waals surface area contributed by atoms with Crippen LogP contribution in [-0.4, -0.2) is 48.4 Å². The molecule has 10 heteroatoms. The second-order valence-corrected chi connectivity index (χ2v) is 10.2. The second-order valence-electron chi connectivity index (χ2n) is 7.82. The highest BCUT2D eigenvalue weighted by molar-refractivity contribution is 7.89. The first-order valence-electron chi connectivity index (χ1n) is 11.2. The van der Waals surface area contributed by atoms with E-state index in [1.54, 1.807) is 18.6 Å². The van der Waals surface area contributed by atoms with Crippen molar-refractivity contribution in [3.8, 4) is 22.7 Å². The van der Waals surface area contributed by atoms with Crippen LogP contribution in [-0.2, 0) is 14.8 Å². The summed E-state index contributed by atoms with van der Waals surface area (Å²) in [5.41, 5.74) is 2.26. The average molecular weight is 525 g/mol. The minimum Gasteiger partial charge on any atom is -0.497 e. The molecule has 0 radical (unpaired) electrons. The van der Waals surface area contributed by atoms with Crippen molar-refractivity contribution in [2.75, 3.05) is 25.5 Å². The Bertz CT molecular complexity index is 1440. The fraction of sp³-hybridized carbons (Fsp3) is 0.154. The van der Waals surface area contributed by atoms with Crippen LogP contribution < -0.4 is 10.1 Å². The van der Waals surface area contributed by atoms with Crippen molar-refractivity contribution in [2.45, 2.75) is 11.8 Å². The molecule has 4 aromatic rings. The van der Waals surface area contributed by atoms with Crippen molar-refractivity contribution >= 4 is 33.5 Å². The quantitative estimate of drug-likeness (QED) is 0.338. The lowest BCUT2D eigenvalue weighted by Crippen LogP contribution is -2.38. The molecular formula is C26H25ClN4O4S. The van der Waals surface area contributed by atoms with Crippen LogP contribution in [0.2, 0.25) is 5.02 Å². The maximum absolute atomic E-state index is 13.1. The molecule has 36 heavy (non-hydrogen) atoms. The SMILES string of the molecule is CCN(CC(=O)Nc1nc(-c2ccc(OC)cc2)cn1-c1ccccc1)S(=O)(=O)c1ccc(Cl)cc1. The van der Waals surface area contributed by atoms with Gasteiger partial charge in [-0.05, 0) is 60.7 Å². The third-order valence-corrected chi connectivity index (χ3v) is 7.69. The van der Waals surface area contributed by atoms with Gasteiger partial charge in [0.1, 0.15) is 5.75 Å². The number of ether oxygens (including phenoxy) is 1. The molecule has 8 nitrogen and oxygen atoms in total. The van der Waals surface area contributed by atoms with Gasteiger partial charge in [0.25, 0.3) is 0 Å². The molecule has 0 saturated heterocycles. The number of carbonyl (C=O) groups excluding carboxylic acids is 1. The van der Waals surface area contributed by atoms with E-state index >= 15 is 0 Å². The summed E-state index contributed by atoms with van der Waals surface area (Å²) in [7, 11) is -2.29. The number of rotatable bonds is 9. The van der Waals surface area contributed by atoms with E-state index in [1.807, 2.05) is 60.8 Å². The van der Waals surface area contributed by atoms with E-state index in [1.165, 1.54) is 24.3 Å². The lowest BCUT2D eigenvalue weighted by molar-refractivity contribution is -0.116. The minimum atomic E-state index is -3.89. The summed E-state index contributed by atoms with van der Waals surface area (Å²) in [6, 6.07) is 22.7. The molecule has 0 aliphatic heterocycles. The Balaban J connectivity index is 1.61. The molecule has 0 atom stereocenters. The van der Waals surface area contributed by atoms with Crippen molar-refractivity contribution in [2.24, 2.45) is 0 Å². The Morgan fingerprint density at radius 2 is 1.69 bits per heavy atom. The molecule has 3 aromatic carbocycles. The summed E-state index contributed by atoms with van der Waals surface area (Å²) in [6.07, 6.45) is 1.81. The molecule has 0 unspecified atom stereocenters. The Morgan fingerprint density at radius 3 is 2.31 bits per heavy atom. The third kappa shape index (κ3) is 5.59. The van der Waals surface area contributed by atoms with E-state index in [-0.39, 0.29) is 23.9 Å². The van der Waals surface area contributed by atoms with Crippen LogP contribution in [0.15, 0.2) is 90.0 Å². The summed E-state index contributed by atoms with van der Waals surface area (Å²) in [5.74, 6) is 0.478. The van der Waals surface area contributed by atoms with Crippen molar-refractivity contribution in [3.05, 3.63) is 90.1 Å². The van der Waals surface area contributed by atoms with Crippen molar-refractivity contribution in [1.82, 2.24) is 13.9 Å². The lowest BCUT2D eigenvalue weighted by Gasteiger charge is -2.20. The molecular weight excluding hydrogens is 500 g/mol. The highest BCUT2D eigenvalue weighted by Gasteiger charge is 2.26. The van der Waals surface area contributed by atoms with Gasteiger partial charge in [0.05, 0.1) is 24.2 Å². The molecule has 0 fully saturated rings. The molecule has 0 aliphatic carbocycles. The normalized spacial score (nSPS) is 11.4. The number of carbonyl (C=O) groups is 1. The molecule has 1 N–H and O–H groups in total. The number of methoxy groups -OCH3 is 1. The highest BCUT2D eigenvalue weighted by atomic mass is 35.5. The number of amides is 1. The monoisotopic (exact) mass is 524 g/mol. The predicted octanol–water partition coefficient (Wildman–Crippen LogP) is 4.85. The number of aromatic nitrogens is 2. The van der Waals surface area contributed by atoms with Gasteiger partial charge in [-0.3, -0.25) is 14.7 Å². The molecule has 4 rings (SSSR count). The topological polar surface area (TPSA) is 93.5 Å². The van der Waals surface area contributed by atoms with Crippen molar-refractivity contribution in [1.29, 1.82) is 0 Å². The van der Waals surface area contributed by atoms with Crippen LogP contribution in [0.1, 0.15) is 6.92 Å². The maximum Gasteiger partial charge on any atom is 0.243 e. The molecule has 0 aliphatic rings. The van der Waals surface area contributed by atoms with Gasteiger partial charge in [0.15, 0.2) is 0 Å². The third-order valence-electron chi connectivity index (χ3n) is 5.50. The van der Waals surface area contributed by atoms with E-state index in [4.69, 9.17) is 16.3 Å². The first-order chi connectivity index (χ1) is 17.3. The smallest absolute Gasteiger partial charge is 0.243 e. The number of para-hydroxylation sites is 1. The Morgan fingerprint density at radius 1 is 1.03 bits per heavy atom. The van der Waals surface area contributed by atoms with E-state index in [2.05, 4.69) is 10.3 Å². The van der Waals surface area contributed by atoms with E-state index in [0.717, 1.165) is 21.3 Å². The van der Waals surface area contributed by atoms with Gasteiger partial charge in [0.2, 0.25) is 21.9 Å². The minimum absolute atomic E-state index is 0.0640. The van der Waals surface area contributed by atoms with Crippen LogP contribution in [0.4, 0.5) is 5.95 Å². The molecule has 0 saturated carbocycles. The van der Waals surface area contributed by atoms with Crippen LogP contribution >= 0.6 is 11.6 Å². The number of hydrogen-bond donors (Lipinski definition) is 1. The number of halogens is 1. The molecule has 0 spiro atoms. The van der Waals surface area contributed by atoms with E-state index in [0.29, 0.717) is 10.7 Å². The van der Waals surface area contributed by atoms with Crippen molar-refractivity contribution < 1.29 is 17.9 Å². The number of sulfonamides is 1. The Hall–Kier alpha value is -3.66. The van der Waals surface area contributed by atoms with Gasteiger partial charge in [-0.15, -0.1) is 0 Å². The molecule has 186 valence electrons. The number of nitrogens with one attached hydrogen (secondary N) is 1. The second kappa shape index (κ2) is 10.9. The summed E-state index contributed by atoms with van der Waals surface area (Å²) in [4.78, 5) is 17.7. The zero-order valence-corrected chi connectivity index (χ0v) is 21.3. The van der Waals surface area contributed by atoms with Gasteiger partial charge in [-0.25, -0.2) is 13.4 Å². The van der Waals surface area contributed by atoms with Crippen LogP contribution in [0.3, 0.4) is 0 Å². The Kier molecular flexibility index (Phi) is 7.73. The predicted molar refractivity (Wildman–Crippen MR) is 140 cm³/mol. The summed E-state index contributed by atoms with van der Waals surface area (Å²) in [5, 5.41) is 3.21. The van der Waals surface area contributed by atoms with Crippen LogP contribution in [0, 0.1) is 0 Å². The zero-order valence-electron chi connectivity index (χ0n) is 19.8. The number of nitrogens with zero attached hydrogens (tertiary/aromatic N) is 3. The fourth-order valence-electron chi connectivity index (χ4n) is 3.60. The number of hydrogen-bond acceptors (Lipinski definition) is 5. The first-order valence-corrected chi connectivity index (χ1v) is 13.0. The first kappa shape index (κ1) is 25.4. The van der Waals surface area contributed by atoms with Crippen LogP contribution in [0.25, 0.3) is 16.9 Å². The average Bonchev–Trinajstić information content (AvgIpc) is 3.31. The van der Waals surface area contributed by atoms with E-state index in [9.17, 15) is 13.2 Å². The number of likely N-dealkylation sites (N-methyl/N-ethyl adjacent to an activating group) is 1. The zero-order chi connectivity index (χ0) is 25.7. The summed E-state index contributed by atoms with van der Waals surface area (Å²) in [6.45, 7) is 1.41. The maximum atomic E-state index is 13.1. The standard InChI is InChI=1S/C26H25ClN4O4S/c1-3-30(36(33,34)23-15-11-20(27)12-16-23)18-25(32)29-26-28-24(19-9-13-22(35-2)14-10-19)17-31(26)21-7-5-4-6-8-21/h4-17H,3,18H2,1-2H3,(H,28,29,32). The highest BCUT2D eigenvalue weighted by Crippen LogP contribution is 2.26. The number of benzene rings is 3. The lowest BCUT2D eigenvalue weighted by atomic mass is 10.1. The van der Waals surface area contributed by atoms with Gasteiger partial charge in [-0.2, -0.15) is 4.31 Å². The van der Waals surface area contributed by atoms with E-state index < -0.39 is 15.9 Å². The Labute approximate surface area is 215 Å². The number of anilines is 1. The van der Waals surface area contributed by atoms with Gasteiger partial charge >= 0.3 is 0 Å². The van der Waals surface area contributed by atoms with Gasteiger partial charge in [0, 0.05) is 29.0 Å². The molecule has 0 bridgehead atoms. The van der Waals surface area contributed by atoms with Gasteiger partial charge < -0.3 is 4.74 Å². The molecule has 1 aromatic heterocycles. The fourth-order valence-corrected chi connectivity index (χ4v) is 5.13. The molecule has 1 heterocycles. The van der Waals surface area contributed by atoms with Gasteiger partial charge in [-0.1, -0.05) is 36.7 Å². The van der Waals surface area contributed by atoms with Crippen LogP contribution in [0.5, 0.6) is 5.75 Å². The summed E-state index contributed by atoms with van der Waals surface area (Å²) < 4.78 is 34.2. The van der Waals surface area contributed by atoms with Crippen molar-refractivity contribution in [3.63, 3.8) is 0 Å².